The molecule has 10 heteroatoms. The van der Waals surface area contributed by atoms with Gasteiger partial charge in [0.1, 0.15) is 17.8 Å². The molecule has 3 atom stereocenters. The molecule has 3 N–H and O–H groups in total. The molecule has 1 fully saturated rings. The molecule has 3 aromatic rings. The van der Waals surface area contributed by atoms with E-state index in [2.05, 4.69) is 10.6 Å². The average Bonchev–Trinajstić information content (AvgIpc) is 3.77. The Hall–Kier alpha value is -4.23. The highest BCUT2D eigenvalue weighted by molar-refractivity contribution is 5.85. The van der Waals surface area contributed by atoms with Crippen LogP contribution in [0, 0.1) is 11.3 Å². The summed E-state index contributed by atoms with van der Waals surface area (Å²) >= 11 is 0. The number of carbonyl (C=O) groups is 2. The number of nitriles is 1. The van der Waals surface area contributed by atoms with E-state index >= 15 is 0 Å². The van der Waals surface area contributed by atoms with Gasteiger partial charge in [0.15, 0.2) is 0 Å². The predicted octanol–water partition coefficient (Wildman–Crippen LogP) is 6.42. The molecule has 0 radical (unpaired) electrons. The molecule has 1 aliphatic carbocycles. The Morgan fingerprint density at radius 3 is 1.95 bits per heavy atom. The number of hydrogen-bond donors (Lipinski definition) is 3. The van der Waals surface area contributed by atoms with Gasteiger partial charge in [-0.15, -0.1) is 0 Å². The fourth-order valence-corrected chi connectivity index (χ4v) is 5.15. The SMILES string of the molecule is CC(C)(F)C[C@H](N[C@@H](c1ccc(-c2ccc(C3(C(=O)O)CC3)cc2)cc1)C(F)(F)F)C(=O)NC(C#N)Cc1ccccc1. The Balaban J connectivity index is 1.53. The molecular weight excluding hydrogens is 562 g/mol. The van der Waals surface area contributed by atoms with Crippen LogP contribution in [0.4, 0.5) is 17.6 Å². The van der Waals surface area contributed by atoms with Crippen LogP contribution in [-0.2, 0) is 21.4 Å². The maximum absolute atomic E-state index is 14.7. The van der Waals surface area contributed by atoms with Crippen LogP contribution in [0.2, 0.25) is 0 Å². The molecule has 0 spiro atoms. The Morgan fingerprint density at radius 1 is 0.930 bits per heavy atom. The van der Waals surface area contributed by atoms with Crippen LogP contribution < -0.4 is 10.6 Å². The molecule has 1 saturated carbocycles. The molecule has 43 heavy (non-hydrogen) atoms. The standard InChI is InChI=1S/C33H33F4N3O3/c1-31(2,34)19-27(29(41)39-26(20-38)18-21-6-4-3-5-7-21)40-28(33(35,36)37)24-10-8-22(9-11-24)23-12-14-25(15-13-23)32(16-17-32)30(42)43/h3-15,26-28,40H,16-19H2,1-2H3,(H,39,41)(H,42,43)/t26?,27-,28-/m0/s1. The van der Waals surface area contributed by atoms with Crippen molar-refractivity contribution in [2.75, 3.05) is 0 Å². The van der Waals surface area contributed by atoms with E-state index in [4.69, 9.17) is 0 Å². The first-order valence-corrected chi connectivity index (χ1v) is 13.9. The summed E-state index contributed by atoms with van der Waals surface area (Å²) in [7, 11) is 0. The molecule has 0 aromatic heterocycles. The van der Waals surface area contributed by atoms with Gasteiger partial charge in [-0.05, 0) is 54.5 Å². The van der Waals surface area contributed by atoms with Crippen LogP contribution in [0.25, 0.3) is 11.1 Å². The Bertz CT molecular complexity index is 1460. The first-order chi connectivity index (χ1) is 20.2. The number of benzene rings is 3. The van der Waals surface area contributed by atoms with Gasteiger partial charge in [0.25, 0.3) is 0 Å². The minimum Gasteiger partial charge on any atom is -0.481 e. The van der Waals surface area contributed by atoms with Crippen molar-refractivity contribution in [1.29, 1.82) is 5.26 Å². The number of carboxylic acids is 1. The summed E-state index contributed by atoms with van der Waals surface area (Å²) in [6.07, 6.45) is -4.12. The third-order valence-corrected chi connectivity index (χ3v) is 7.63. The number of halogens is 4. The molecule has 0 saturated heterocycles. The van der Waals surface area contributed by atoms with Crippen molar-refractivity contribution in [3.05, 3.63) is 95.6 Å². The van der Waals surface area contributed by atoms with Gasteiger partial charge in [0, 0.05) is 12.8 Å². The zero-order valence-electron chi connectivity index (χ0n) is 23.8. The molecule has 1 amide bonds. The lowest BCUT2D eigenvalue weighted by Gasteiger charge is -2.30. The summed E-state index contributed by atoms with van der Waals surface area (Å²) in [6.45, 7) is 2.34. The van der Waals surface area contributed by atoms with Crippen molar-refractivity contribution < 1.29 is 32.3 Å². The highest BCUT2D eigenvalue weighted by atomic mass is 19.4. The minimum atomic E-state index is -4.82. The van der Waals surface area contributed by atoms with Crippen LogP contribution in [0.3, 0.4) is 0 Å². The zero-order valence-corrected chi connectivity index (χ0v) is 23.8. The van der Waals surface area contributed by atoms with Crippen molar-refractivity contribution in [3.8, 4) is 17.2 Å². The zero-order chi connectivity index (χ0) is 31.4. The lowest BCUT2D eigenvalue weighted by Crippen LogP contribution is -2.53. The highest BCUT2D eigenvalue weighted by Gasteiger charge is 2.51. The molecule has 1 aliphatic rings. The topological polar surface area (TPSA) is 102 Å². The summed E-state index contributed by atoms with van der Waals surface area (Å²) in [4.78, 5) is 24.8. The van der Waals surface area contributed by atoms with Gasteiger partial charge < -0.3 is 10.4 Å². The summed E-state index contributed by atoms with van der Waals surface area (Å²) in [6, 6.07) is 18.4. The van der Waals surface area contributed by atoms with Crippen LogP contribution in [-0.4, -0.2) is 40.9 Å². The number of aliphatic carboxylic acids is 1. The van der Waals surface area contributed by atoms with Gasteiger partial charge in [0.05, 0.1) is 17.5 Å². The number of carbonyl (C=O) groups excluding carboxylic acids is 1. The third-order valence-electron chi connectivity index (χ3n) is 7.63. The molecule has 0 bridgehead atoms. The average molecular weight is 596 g/mol. The molecule has 1 unspecified atom stereocenters. The predicted molar refractivity (Wildman–Crippen MR) is 154 cm³/mol. The second-order valence-electron chi connectivity index (χ2n) is 11.6. The molecule has 0 aliphatic heterocycles. The Morgan fingerprint density at radius 2 is 1.49 bits per heavy atom. The largest absolute Gasteiger partial charge is 0.481 e. The van der Waals surface area contributed by atoms with Gasteiger partial charge >= 0.3 is 12.1 Å². The van der Waals surface area contributed by atoms with E-state index in [9.17, 15) is 37.5 Å². The second kappa shape index (κ2) is 12.6. The van der Waals surface area contributed by atoms with Crippen molar-refractivity contribution in [2.45, 2.75) is 74.9 Å². The van der Waals surface area contributed by atoms with Crippen LogP contribution >= 0.6 is 0 Å². The number of alkyl halides is 4. The summed E-state index contributed by atoms with van der Waals surface area (Å²) in [5, 5.41) is 23.9. The van der Waals surface area contributed by atoms with Crippen molar-refractivity contribution in [2.24, 2.45) is 0 Å². The maximum atomic E-state index is 14.7. The lowest BCUT2D eigenvalue weighted by atomic mass is 9.93. The number of carboxylic acid groups (broad SMARTS) is 1. The van der Waals surface area contributed by atoms with Gasteiger partial charge in [0.2, 0.25) is 5.91 Å². The lowest BCUT2D eigenvalue weighted by molar-refractivity contribution is -0.161. The fraction of sp³-hybridized carbons (Fsp3) is 0.364. The van der Waals surface area contributed by atoms with E-state index in [0.717, 1.165) is 5.56 Å². The van der Waals surface area contributed by atoms with Gasteiger partial charge in [-0.25, -0.2) is 4.39 Å². The minimum absolute atomic E-state index is 0.136. The van der Waals surface area contributed by atoms with Crippen LogP contribution in [0.5, 0.6) is 0 Å². The molecule has 226 valence electrons. The number of nitrogens with zero attached hydrogens (tertiary/aromatic N) is 1. The number of nitrogens with one attached hydrogen (secondary N) is 2. The van der Waals surface area contributed by atoms with E-state index in [0.29, 0.717) is 29.5 Å². The quantitative estimate of drug-likeness (QED) is 0.210. The molecule has 3 aromatic carbocycles. The first kappa shape index (κ1) is 31.7. The Kier molecular flexibility index (Phi) is 9.26. The van der Waals surface area contributed by atoms with E-state index in [-0.39, 0.29) is 12.0 Å². The van der Waals surface area contributed by atoms with Crippen LogP contribution in [0.1, 0.15) is 55.8 Å². The van der Waals surface area contributed by atoms with Crippen molar-refractivity contribution >= 4 is 11.9 Å². The maximum Gasteiger partial charge on any atom is 0.407 e. The van der Waals surface area contributed by atoms with E-state index in [1.807, 2.05) is 6.07 Å². The smallest absolute Gasteiger partial charge is 0.407 e. The number of hydrogen-bond acceptors (Lipinski definition) is 4. The molecule has 4 rings (SSSR count). The third kappa shape index (κ3) is 7.99. The van der Waals surface area contributed by atoms with Gasteiger partial charge in [-0.1, -0.05) is 78.9 Å². The highest BCUT2D eigenvalue weighted by Crippen LogP contribution is 2.48. The number of amides is 1. The van der Waals surface area contributed by atoms with Gasteiger partial charge in [-0.3, -0.25) is 14.9 Å². The molecule has 0 heterocycles. The van der Waals surface area contributed by atoms with E-state index in [1.54, 1.807) is 54.6 Å². The first-order valence-electron chi connectivity index (χ1n) is 13.9. The molecule has 6 nitrogen and oxygen atoms in total. The van der Waals surface area contributed by atoms with E-state index < -0.39 is 53.7 Å². The normalized spacial score (nSPS) is 16.4. The van der Waals surface area contributed by atoms with Crippen molar-refractivity contribution in [3.63, 3.8) is 0 Å². The van der Waals surface area contributed by atoms with Crippen LogP contribution in [0.15, 0.2) is 78.9 Å². The van der Waals surface area contributed by atoms with Gasteiger partial charge in [-0.2, -0.15) is 18.4 Å². The fourth-order valence-electron chi connectivity index (χ4n) is 5.15. The van der Waals surface area contributed by atoms with Crippen molar-refractivity contribution in [1.82, 2.24) is 10.6 Å². The number of rotatable bonds is 12. The van der Waals surface area contributed by atoms with E-state index in [1.165, 1.54) is 38.1 Å². The summed E-state index contributed by atoms with van der Waals surface area (Å²) < 4.78 is 57.7. The summed E-state index contributed by atoms with van der Waals surface area (Å²) in [5.41, 5.74) is -0.266. The molecular formula is C33H33F4N3O3. The monoisotopic (exact) mass is 595 g/mol. The second-order valence-corrected chi connectivity index (χ2v) is 11.6. The summed E-state index contributed by atoms with van der Waals surface area (Å²) in [5.74, 6) is -1.79. The Labute approximate surface area is 247 Å².